The van der Waals surface area contributed by atoms with Gasteiger partial charge < -0.3 is 15.1 Å². The Labute approximate surface area is 257 Å². The Hall–Kier alpha value is -2.53. The number of rotatable bonds is 7. The Kier molecular flexibility index (Phi) is 6.78. The van der Waals surface area contributed by atoms with Gasteiger partial charge in [-0.25, -0.2) is 0 Å². The van der Waals surface area contributed by atoms with Crippen molar-refractivity contribution < 1.29 is 15.0 Å². The van der Waals surface area contributed by atoms with Crippen LogP contribution in [0.5, 0.6) is 0 Å². The minimum Gasteiger partial charge on any atom is -0.393 e. The fraction of sp³-hybridized carbons (Fsp3) is 0.564. The van der Waals surface area contributed by atoms with Crippen LogP contribution in [0.3, 0.4) is 0 Å². The Bertz CT molecular complexity index is 1460. The van der Waals surface area contributed by atoms with Crippen molar-refractivity contribution in [3.05, 3.63) is 84.0 Å². The highest BCUT2D eigenvalue weighted by Crippen LogP contribution is 2.78. The summed E-state index contributed by atoms with van der Waals surface area (Å²) in [5.74, 6) is 0.632. The first-order valence-corrected chi connectivity index (χ1v) is 16.7. The third-order valence-electron chi connectivity index (χ3n) is 13.3. The van der Waals surface area contributed by atoms with Crippen molar-refractivity contribution in [1.82, 2.24) is 4.90 Å². The van der Waals surface area contributed by atoms with Gasteiger partial charge in [0.25, 0.3) is 0 Å². The topological polar surface area (TPSA) is 60.8 Å². The van der Waals surface area contributed by atoms with Gasteiger partial charge in [-0.1, -0.05) is 93.6 Å². The van der Waals surface area contributed by atoms with E-state index in [-0.39, 0.29) is 34.1 Å². The zero-order valence-electron chi connectivity index (χ0n) is 26.5. The number of carbonyl (C=O) groups is 1. The molecule has 8 rings (SSSR count). The van der Waals surface area contributed by atoms with Crippen LogP contribution >= 0.6 is 0 Å². The molecule has 0 aliphatic heterocycles. The van der Waals surface area contributed by atoms with Crippen LogP contribution in [0.4, 0.5) is 0 Å². The highest BCUT2D eigenvalue weighted by Gasteiger charge is 2.74. The average molecular weight is 580 g/mol. The molecule has 2 bridgehead atoms. The molecule has 8 unspecified atom stereocenters. The molecular formula is C39H49NO3. The number of hydrogen-bond acceptors (Lipinski definition) is 4. The Balaban J connectivity index is 1.34. The van der Waals surface area contributed by atoms with Crippen LogP contribution in [-0.4, -0.2) is 52.7 Å². The molecule has 4 nitrogen and oxygen atoms in total. The zero-order valence-corrected chi connectivity index (χ0v) is 26.5. The molecule has 2 aromatic carbocycles. The molecule has 0 saturated heterocycles. The Morgan fingerprint density at radius 3 is 2.26 bits per heavy atom. The maximum Gasteiger partial charge on any atom is 0.189 e. The second-order valence-electron chi connectivity index (χ2n) is 15.3. The number of Topliss-reactive ketones (excluding diaryl/α,β-unsaturated/α-hetero) is 1. The highest BCUT2D eigenvalue weighted by molar-refractivity contribution is 6.10. The van der Waals surface area contributed by atoms with Crippen LogP contribution in [0.25, 0.3) is 11.1 Å². The second-order valence-corrected chi connectivity index (χ2v) is 15.3. The minimum atomic E-state index is -0.781. The van der Waals surface area contributed by atoms with Crippen LogP contribution in [0.15, 0.2) is 78.4 Å². The zero-order chi connectivity index (χ0) is 30.3. The number of nitrogens with zero attached hydrogens (tertiary/aromatic N) is 1. The lowest BCUT2D eigenvalue weighted by Crippen LogP contribution is -2.67. The number of fused-ring (bicyclic) bond motifs is 1. The van der Waals surface area contributed by atoms with Crippen LogP contribution < -0.4 is 0 Å². The average Bonchev–Trinajstić information content (AvgIpc) is 3.27. The van der Waals surface area contributed by atoms with Crippen LogP contribution in [-0.2, 0) is 0 Å². The summed E-state index contributed by atoms with van der Waals surface area (Å²) in [4.78, 5) is 17.1. The predicted molar refractivity (Wildman–Crippen MR) is 173 cm³/mol. The molecule has 3 fully saturated rings. The molecule has 2 spiro atoms. The van der Waals surface area contributed by atoms with Crippen molar-refractivity contribution in [2.24, 2.45) is 33.5 Å². The normalized spacial score (nSPS) is 41.0. The van der Waals surface area contributed by atoms with Gasteiger partial charge in [0.05, 0.1) is 11.7 Å². The van der Waals surface area contributed by atoms with Gasteiger partial charge in [0, 0.05) is 33.9 Å². The molecule has 0 radical (unpaired) electrons. The smallest absolute Gasteiger partial charge is 0.189 e. The second kappa shape index (κ2) is 9.99. The van der Waals surface area contributed by atoms with Crippen molar-refractivity contribution in [2.75, 3.05) is 20.1 Å². The number of likely N-dealkylation sites (N-methyl/N-ethyl adjacent to an activating group) is 1. The van der Waals surface area contributed by atoms with E-state index in [0.717, 1.165) is 73.8 Å². The largest absolute Gasteiger partial charge is 0.393 e. The van der Waals surface area contributed by atoms with Gasteiger partial charge in [0.2, 0.25) is 0 Å². The number of aliphatic hydroxyl groups excluding tert-OH is 1. The highest BCUT2D eigenvalue weighted by atomic mass is 16.3. The first kappa shape index (κ1) is 29.2. The maximum absolute atomic E-state index is 14.8. The molecule has 0 heterocycles. The van der Waals surface area contributed by atoms with Gasteiger partial charge in [0.15, 0.2) is 5.78 Å². The van der Waals surface area contributed by atoms with Gasteiger partial charge in [-0.05, 0) is 93.3 Å². The molecule has 3 saturated carbocycles. The number of aliphatic hydroxyl groups is 2. The van der Waals surface area contributed by atoms with Crippen molar-refractivity contribution in [3.8, 4) is 11.1 Å². The molecule has 6 aliphatic rings. The van der Waals surface area contributed by atoms with E-state index in [4.69, 9.17) is 0 Å². The van der Waals surface area contributed by atoms with E-state index in [1.807, 2.05) is 30.3 Å². The Morgan fingerprint density at radius 1 is 0.884 bits per heavy atom. The molecule has 2 N–H and O–H groups in total. The fourth-order valence-corrected chi connectivity index (χ4v) is 11.1. The van der Waals surface area contributed by atoms with Crippen molar-refractivity contribution in [2.45, 2.75) is 83.8 Å². The van der Waals surface area contributed by atoms with Gasteiger partial charge in [-0.15, -0.1) is 0 Å². The molecule has 6 aliphatic carbocycles. The minimum absolute atomic E-state index is 0.0109. The van der Waals surface area contributed by atoms with Crippen LogP contribution in [0.2, 0.25) is 0 Å². The summed E-state index contributed by atoms with van der Waals surface area (Å²) in [5.41, 5.74) is 2.12. The van der Waals surface area contributed by atoms with E-state index in [0.29, 0.717) is 18.9 Å². The first-order chi connectivity index (χ1) is 20.5. The summed E-state index contributed by atoms with van der Waals surface area (Å²) in [6.07, 6.45) is 14.0. The molecule has 2 aromatic rings. The first-order valence-electron chi connectivity index (χ1n) is 16.7. The standard InChI is InChI=1S/C39H49NO3/c1-5-23-40(4)26-38(43)20-17-33-36(38,3)19-16-32-35(2)18-15-30(41)24-37(35)21-22-39(32,33)31(25-37)34(42)29-13-11-28(12-14-29)27-9-7-6-8-10-27/h6-14,21-22,25,30,32-33,41,43H,5,15-20,23-24,26H2,1-4H3. The van der Waals surface area contributed by atoms with E-state index < -0.39 is 11.0 Å². The van der Waals surface area contributed by atoms with E-state index in [2.05, 4.69) is 75.2 Å². The molecule has 0 aromatic heterocycles. The lowest BCUT2D eigenvalue weighted by molar-refractivity contribution is -0.175. The number of hydrogen-bond donors (Lipinski definition) is 2. The number of ketones is 1. The van der Waals surface area contributed by atoms with E-state index in [1.54, 1.807) is 0 Å². The van der Waals surface area contributed by atoms with Gasteiger partial charge in [-0.2, -0.15) is 0 Å². The molecule has 4 heteroatoms. The SMILES string of the molecule is CCCN(C)CC1(O)CCC2C34C=CC5(C=C3C(=O)c3ccc(-c6ccccc6)cc3)CC(O)CCC5(C)C4CCC21C. The van der Waals surface area contributed by atoms with E-state index >= 15 is 0 Å². The summed E-state index contributed by atoms with van der Waals surface area (Å²) < 4.78 is 0. The van der Waals surface area contributed by atoms with E-state index in [1.165, 1.54) is 0 Å². The summed E-state index contributed by atoms with van der Waals surface area (Å²) >= 11 is 0. The lowest BCUT2D eigenvalue weighted by atomic mass is 9.32. The number of carbonyl (C=O) groups excluding carboxylic acids is 1. The van der Waals surface area contributed by atoms with E-state index in [9.17, 15) is 15.0 Å². The monoisotopic (exact) mass is 579 g/mol. The molecule has 228 valence electrons. The van der Waals surface area contributed by atoms with Crippen molar-refractivity contribution in [1.29, 1.82) is 0 Å². The third kappa shape index (κ3) is 3.95. The molecule has 0 amide bonds. The molecule has 8 atom stereocenters. The van der Waals surface area contributed by atoms with Gasteiger partial charge >= 0.3 is 0 Å². The van der Waals surface area contributed by atoms with Crippen LogP contribution in [0, 0.1) is 33.5 Å². The van der Waals surface area contributed by atoms with Crippen molar-refractivity contribution in [3.63, 3.8) is 0 Å². The predicted octanol–water partition coefficient (Wildman–Crippen LogP) is 7.47. The summed E-state index contributed by atoms with van der Waals surface area (Å²) in [7, 11) is 2.14. The Morgan fingerprint density at radius 2 is 1.53 bits per heavy atom. The number of benzene rings is 2. The molecule has 43 heavy (non-hydrogen) atoms. The van der Waals surface area contributed by atoms with Crippen LogP contribution in [0.1, 0.15) is 82.5 Å². The number of allylic oxidation sites excluding steroid dienone is 4. The quantitative estimate of drug-likeness (QED) is 0.264. The fourth-order valence-electron chi connectivity index (χ4n) is 11.1. The maximum atomic E-state index is 14.8. The summed E-state index contributed by atoms with van der Waals surface area (Å²) in [6.45, 7) is 8.64. The van der Waals surface area contributed by atoms with Gasteiger partial charge in [0.1, 0.15) is 0 Å². The van der Waals surface area contributed by atoms with Gasteiger partial charge in [-0.3, -0.25) is 4.79 Å². The third-order valence-corrected chi connectivity index (χ3v) is 13.3. The molecular weight excluding hydrogens is 530 g/mol. The summed E-state index contributed by atoms with van der Waals surface area (Å²) in [5, 5.41) is 23.4. The van der Waals surface area contributed by atoms with Crippen molar-refractivity contribution >= 4 is 5.78 Å². The summed E-state index contributed by atoms with van der Waals surface area (Å²) in [6, 6.07) is 18.5. The lowest BCUT2D eigenvalue weighted by Gasteiger charge is -2.71.